The molecule has 0 bridgehead atoms. The van der Waals surface area contributed by atoms with Crippen LogP contribution in [-0.4, -0.2) is 6.61 Å². The van der Waals surface area contributed by atoms with Gasteiger partial charge in [0.1, 0.15) is 12.4 Å². The van der Waals surface area contributed by atoms with Gasteiger partial charge in [-0.1, -0.05) is 69.0 Å². The molecular formula is C27H30F2O2. The van der Waals surface area contributed by atoms with Crippen LogP contribution in [0.1, 0.15) is 51.0 Å². The Morgan fingerprint density at radius 2 is 1.58 bits per heavy atom. The topological polar surface area (TPSA) is 18.5 Å². The van der Waals surface area contributed by atoms with Crippen LogP contribution in [0, 0.1) is 23.5 Å². The van der Waals surface area contributed by atoms with Crippen molar-refractivity contribution in [1.82, 2.24) is 0 Å². The molecule has 0 radical (unpaired) electrons. The molecule has 3 aromatic carbocycles. The summed E-state index contributed by atoms with van der Waals surface area (Å²) in [5.41, 5.74) is 1.02. The lowest BCUT2D eigenvalue weighted by molar-refractivity contribution is 0.173. The molecule has 1 aliphatic carbocycles. The summed E-state index contributed by atoms with van der Waals surface area (Å²) in [6.07, 6.45) is 7.14. The Kier molecular flexibility index (Phi) is 7.06. The van der Waals surface area contributed by atoms with E-state index in [1.54, 1.807) is 24.3 Å². The van der Waals surface area contributed by atoms with Gasteiger partial charge < -0.3 is 9.47 Å². The van der Waals surface area contributed by atoms with Crippen LogP contribution in [0.15, 0.2) is 54.6 Å². The number of hydrogen-bond acceptors (Lipinski definition) is 2. The molecule has 1 saturated carbocycles. The van der Waals surface area contributed by atoms with E-state index in [9.17, 15) is 8.78 Å². The number of halogens is 2. The molecule has 4 heteroatoms. The normalized spacial score (nSPS) is 18.8. The summed E-state index contributed by atoms with van der Waals surface area (Å²) in [6, 6.07) is 16.4. The zero-order valence-electron chi connectivity index (χ0n) is 18.1. The van der Waals surface area contributed by atoms with Crippen LogP contribution in [0.4, 0.5) is 8.78 Å². The standard InChI is InChI=1S/C27H30F2O2/c1-2-6-19-9-11-21(12-10-19)18-31-25-15-22-13-14-23(16-24(22)26(28)27(25)29)30-17-20-7-4-3-5-8-20/h3-5,7-8,13-16,19,21H,2,6,9-12,17-18H2,1H3. The van der Waals surface area contributed by atoms with Crippen LogP contribution in [0.2, 0.25) is 0 Å². The summed E-state index contributed by atoms with van der Waals surface area (Å²) in [5, 5.41) is 0.808. The zero-order valence-corrected chi connectivity index (χ0v) is 18.1. The molecule has 0 N–H and O–H groups in total. The van der Waals surface area contributed by atoms with Gasteiger partial charge in [-0.05, 0) is 53.8 Å². The van der Waals surface area contributed by atoms with Gasteiger partial charge in [-0.3, -0.25) is 0 Å². The van der Waals surface area contributed by atoms with Crippen molar-refractivity contribution >= 4 is 10.8 Å². The van der Waals surface area contributed by atoms with E-state index in [4.69, 9.17) is 9.47 Å². The highest BCUT2D eigenvalue weighted by atomic mass is 19.2. The molecule has 0 aliphatic heterocycles. The first kappa shape index (κ1) is 21.6. The first-order valence-electron chi connectivity index (χ1n) is 11.3. The predicted molar refractivity (Wildman–Crippen MR) is 120 cm³/mol. The number of hydrogen-bond donors (Lipinski definition) is 0. The molecule has 0 heterocycles. The van der Waals surface area contributed by atoms with Gasteiger partial charge in [0.25, 0.3) is 0 Å². The van der Waals surface area contributed by atoms with Crippen molar-refractivity contribution in [3.05, 3.63) is 71.8 Å². The molecule has 2 nitrogen and oxygen atoms in total. The van der Waals surface area contributed by atoms with Gasteiger partial charge in [-0.25, -0.2) is 4.39 Å². The lowest BCUT2D eigenvalue weighted by atomic mass is 9.80. The lowest BCUT2D eigenvalue weighted by Crippen LogP contribution is -2.20. The van der Waals surface area contributed by atoms with E-state index in [0.29, 0.717) is 30.3 Å². The van der Waals surface area contributed by atoms with E-state index in [1.807, 2.05) is 30.3 Å². The van der Waals surface area contributed by atoms with Gasteiger partial charge in [0, 0.05) is 5.39 Å². The fourth-order valence-electron chi connectivity index (χ4n) is 4.52. The molecule has 1 fully saturated rings. The zero-order chi connectivity index (χ0) is 21.6. The highest BCUT2D eigenvalue weighted by Gasteiger charge is 2.22. The number of rotatable bonds is 8. The number of benzene rings is 3. The molecule has 3 aromatic rings. The van der Waals surface area contributed by atoms with Crippen LogP contribution in [0.5, 0.6) is 11.5 Å². The van der Waals surface area contributed by atoms with E-state index in [-0.39, 0.29) is 11.1 Å². The Hall–Kier alpha value is -2.62. The largest absolute Gasteiger partial charge is 0.490 e. The van der Waals surface area contributed by atoms with Crippen molar-refractivity contribution in [2.75, 3.05) is 6.61 Å². The molecule has 4 rings (SSSR count). The highest BCUT2D eigenvalue weighted by Crippen LogP contribution is 2.34. The van der Waals surface area contributed by atoms with Gasteiger partial charge in [0.2, 0.25) is 5.82 Å². The van der Waals surface area contributed by atoms with Crippen LogP contribution in [-0.2, 0) is 6.61 Å². The Bertz CT molecular complexity index is 995. The average molecular weight is 425 g/mol. The predicted octanol–water partition coefficient (Wildman–Crippen LogP) is 7.68. The molecule has 1 aliphatic rings. The molecule has 0 unspecified atom stereocenters. The summed E-state index contributed by atoms with van der Waals surface area (Å²) in [6.45, 7) is 3.04. The maximum Gasteiger partial charge on any atom is 0.201 e. The van der Waals surface area contributed by atoms with Crippen molar-refractivity contribution in [2.45, 2.75) is 52.1 Å². The first-order chi connectivity index (χ1) is 15.1. The van der Waals surface area contributed by atoms with Crippen molar-refractivity contribution in [2.24, 2.45) is 11.8 Å². The van der Waals surface area contributed by atoms with Crippen molar-refractivity contribution in [1.29, 1.82) is 0 Å². The molecule has 31 heavy (non-hydrogen) atoms. The Labute approximate surface area is 183 Å². The van der Waals surface area contributed by atoms with Gasteiger partial charge in [0.05, 0.1) is 6.61 Å². The number of ether oxygens (including phenoxy) is 2. The smallest absolute Gasteiger partial charge is 0.201 e. The van der Waals surface area contributed by atoms with Crippen LogP contribution in [0.3, 0.4) is 0 Å². The molecule has 0 amide bonds. The van der Waals surface area contributed by atoms with Crippen molar-refractivity contribution in [3.8, 4) is 11.5 Å². The van der Waals surface area contributed by atoms with E-state index in [0.717, 1.165) is 24.3 Å². The second-order valence-corrected chi connectivity index (χ2v) is 8.65. The van der Waals surface area contributed by atoms with Crippen LogP contribution >= 0.6 is 0 Å². The Balaban J connectivity index is 1.42. The summed E-state index contributed by atoms with van der Waals surface area (Å²) >= 11 is 0. The van der Waals surface area contributed by atoms with Gasteiger partial charge in [-0.2, -0.15) is 4.39 Å². The van der Waals surface area contributed by atoms with E-state index < -0.39 is 11.6 Å². The molecule has 0 aromatic heterocycles. The fraction of sp³-hybridized carbons (Fsp3) is 0.407. The third-order valence-electron chi connectivity index (χ3n) is 6.34. The third kappa shape index (κ3) is 5.36. The minimum Gasteiger partial charge on any atom is -0.490 e. The summed E-state index contributed by atoms with van der Waals surface area (Å²) in [4.78, 5) is 0. The fourth-order valence-corrected chi connectivity index (χ4v) is 4.52. The third-order valence-corrected chi connectivity index (χ3v) is 6.34. The second kappa shape index (κ2) is 10.1. The Morgan fingerprint density at radius 3 is 2.32 bits per heavy atom. The monoisotopic (exact) mass is 424 g/mol. The summed E-state index contributed by atoms with van der Waals surface area (Å²) < 4.78 is 41.0. The maximum atomic E-state index is 14.8. The van der Waals surface area contributed by atoms with Crippen LogP contribution < -0.4 is 9.47 Å². The first-order valence-corrected chi connectivity index (χ1v) is 11.3. The maximum absolute atomic E-state index is 14.8. The van der Waals surface area contributed by atoms with Gasteiger partial charge in [0.15, 0.2) is 11.6 Å². The van der Waals surface area contributed by atoms with Gasteiger partial charge >= 0.3 is 0 Å². The molecule has 164 valence electrons. The molecule has 0 saturated heterocycles. The average Bonchev–Trinajstić information content (AvgIpc) is 2.81. The summed E-state index contributed by atoms with van der Waals surface area (Å²) in [5.74, 6) is -0.0723. The quantitative estimate of drug-likeness (QED) is 0.369. The summed E-state index contributed by atoms with van der Waals surface area (Å²) in [7, 11) is 0. The van der Waals surface area contributed by atoms with E-state index >= 15 is 0 Å². The second-order valence-electron chi connectivity index (χ2n) is 8.65. The molecular weight excluding hydrogens is 394 g/mol. The van der Waals surface area contributed by atoms with Crippen molar-refractivity contribution < 1.29 is 18.3 Å². The van der Waals surface area contributed by atoms with Crippen molar-refractivity contribution in [3.63, 3.8) is 0 Å². The highest BCUT2D eigenvalue weighted by molar-refractivity contribution is 5.86. The van der Waals surface area contributed by atoms with E-state index in [2.05, 4.69) is 6.92 Å². The molecule has 0 atom stereocenters. The Morgan fingerprint density at radius 1 is 0.839 bits per heavy atom. The minimum atomic E-state index is -0.924. The lowest BCUT2D eigenvalue weighted by Gasteiger charge is -2.28. The van der Waals surface area contributed by atoms with E-state index in [1.165, 1.54) is 25.7 Å². The minimum absolute atomic E-state index is 0.00126. The van der Waals surface area contributed by atoms with Crippen LogP contribution in [0.25, 0.3) is 10.8 Å². The SMILES string of the molecule is CCCC1CCC(COc2cc3ccc(OCc4ccccc4)cc3c(F)c2F)CC1. The van der Waals surface area contributed by atoms with Gasteiger partial charge in [-0.15, -0.1) is 0 Å². The number of fused-ring (bicyclic) bond motifs is 1. The molecule has 0 spiro atoms.